The number of rotatable bonds is 4. The van der Waals surface area contributed by atoms with Crippen molar-refractivity contribution in [2.45, 2.75) is 6.92 Å². The number of hydrogen-bond acceptors (Lipinski definition) is 3. The van der Waals surface area contributed by atoms with Gasteiger partial charge in [0.25, 0.3) is 5.24 Å². The van der Waals surface area contributed by atoms with Crippen LogP contribution in [0, 0.1) is 0 Å². The molecule has 0 spiro atoms. The normalized spacial score (nSPS) is 8.60. The molecule has 5 heteroatoms. The van der Waals surface area contributed by atoms with Crippen molar-refractivity contribution in [3.8, 4) is 0 Å². The van der Waals surface area contributed by atoms with Gasteiger partial charge in [-0.15, -0.1) is 0 Å². The lowest BCUT2D eigenvalue weighted by atomic mass is 10.7. The van der Waals surface area contributed by atoms with Gasteiger partial charge in [0.1, 0.15) is 5.55 Å². The maximum absolute atomic E-state index is 10.5. The molecule has 0 heterocycles. The van der Waals surface area contributed by atoms with Crippen LogP contribution in [0.25, 0.3) is 0 Å². The summed E-state index contributed by atoms with van der Waals surface area (Å²) >= 11 is 8.00. The second-order valence-corrected chi connectivity index (χ2v) is 2.11. The van der Waals surface area contributed by atoms with Crippen LogP contribution in [0.3, 0.4) is 0 Å². The van der Waals surface area contributed by atoms with Crippen molar-refractivity contribution in [1.82, 2.24) is 4.90 Å². The zero-order valence-electron chi connectivity index (χ0n) is 5.61. The third kappa shape index (κ3) is 3.68. The first kappa shape index (κ1) is 9.71. The summed E-state index contributed by atoms with van der Waals surface area (Å²) < 4.78 is 4.69. The molecule has 0 aliphatic carbocycles. The summed E-state index contributed by atoms with van der Waals surface area (Å²) in [6.07, 6.45) is 0. The van der Waals surface area contributed by atoms with E-state index in [9.17, 15) is 4.79 Å². The molecule has 0 aliphatic heterocycles. The molecule has 0 bridgehead atoms. The summed E-state index contributed by atoms with van der Waals surface area (Å²) in [5.74, 6) is 0. The number of hydrogen-bond donors (Lipinski definition) is 1. The quantitative estimate of drug-likeness (QED) is 0.400. The highest BCUT2D eigenvalue weighted by molar-refractivity contribution is 7.96. The number of carbonyl (C=O) groups excluding carboxylic acids is 1. The van der Waals surface area contributed by atoms with Gasteiger partial charge >= 0.3 is 0 Å². The minimum atomic E-state index is -0.306. The van der Waals surface area contributed by atoms with Crippen LogP contribution in [0.15, 0.2) is 0 Å². The van der Waals surface area contributed by atoms with Gasteiger partial charge in [-0.05, 0) is 19.1 Å². The van der Waals surface area contributed by atoms with Crippen LogP contribution in [-0.4, -0.2) is 29.0 Å². The molecule has 1 amide bonds. The predicted molar refractivity (Wildman–Crippen MR) is 46.4 cm³/mol. The van der Waals surface area contributed by atoms with E-state index in [1.807, 2.05) is 6.92 Å². The van der Waals surface area contributed by atoms with E-state index in [4.69, 9.17) is 4.74 Å². The predicted octanol–water partition coefficient (Wildman–Crippen LogP) is 1.29. The molecular formula is C5H9NO2S2. The Morgan fingerprint density at radius 1 is 1.90 bits per heavy atom. The van der Waals surface area contributed by atoms with Crippen LogP contribution in [0.2, 0.25) is 0 Å². The molecule has 58 valence electrons. The van der Waals surface area contributed by atoms with Gasteiger partial charge in [-0.25, -0.2) is 0 Å². The lowest BCUT2D eigenvalue weighted by Crippen LogP contribution is -2.28. The Bertz CT molecular complexity index is 129. The van der Waals surface area contributed by atoms with Gasteiger partial charge in [-0.3, -0.25) is 4.79 Å². The molecule has 0 aliphatic rings. The second-order valence-electron chi connectivity index (χ2n) is 1.53. The van der Waals surface area contributed by atoms with E-state index in [1.165, 1.54) is 4.90 Å². The first-order chi connectivity index (χ1) is 4.72. The van der Waals surface area contributed by atoms with Crippen molar-refractivity contribution in [1.29, 1.82) is 0 Å². The van der Waals surface area contributed by atoms with Crippen molar-refractivity contribution in [2.24, 2.45) is 0 Å². The van der Waals surface area contributed by atoms with E-state index >= 15 is 0 Å². The monoisotopic (exact) mass is 179 g/mol. The van der Waals surface area contributed by atoms with E-state index in [0.29, 0.717) is 6.54 Å². The Hall–Kier alpha value is -0.290. The molecular weight excluding hydrogens is 170 g/mol. The topological polar surface area (TPSA) is 29.5 Å². The fourth-order valence-corrected chi connectivity index (χ4v) is 0.662. The van der Waals surface area contributed by atoms with Crippen LogP contribution in [0.1, 0.15) is 6.92 Å². The molecule has 0 aromatic rings. The van der Waals surface area contributed by atoms with Gasteiger partial charge in [-0.2, -0.15) is 0 Å². The van der Waals surface area contributed by atoms with Crippen LogP contribution in [-0.2, 0) is 4.74 Å². The highest BCUT2D eigenvalue weighted by Crippen LogP contribution is 1.94. The first-order valence-electron chi connectivity index (χ1n) is 2.75. The summed E-state index contributed by atoms with van der Waals surface area (Å²) in [6.45, 7) is 2.59. The zero-order valence-corrected chi connectivity index (χ0v) is 7.32. The molecule has 0 aromatic heterocycles. The largest absolute Gasteiger partial charge is 0.469 e. The molecule has 0 radical (unpaired) electrons. The van der Waals surface area contributed by atoms with Gasteiger partial charge in [-0.1, -0.05) is 12.6 Å². The van der Waals surface area contributed by atoms with Gasteiger partial charge in [0.15, 0.2) is 6.73 Å². The summed E-state index contributed by atoms with van der Waals surface area (Å²) in [6, 6.07) is 0. The molecule has 0 aromatic carbocycles. The Morgan fingerprint density at radius 2 is 2.50 bits per heavy atom. The lowest BCUT2D eigenvalue weighted by molar-refractivity contribution is 0.158. The van der Waals surface area contributed by atoms with Crippen molar-refractivity contribution >= 4 is 35.6 Å². The lowest BCUT2D eigenvalue weighted by Gasteiger charge is -2.15. The van der Waals surface area contributed by atoms with Crippen molar-refractivity contribution in [3.05, 3.63) is 0 Å². The van der Waals surface area contributed by atoms with Crippen LogP contribution >= 0.6 is 24.8 Å². The molecule has 0 saturated heterocycles. The number of ether oxygens (including phenoxy) is 1. The molecule has 3 nitrogen and oxygen atoms in total. The third-order valence-corrected chi connectivity index (χ3v) is 1.37. The number of carbonyl (C=O) groups is 1. The number of amides is 1. The maximum atomic E-state index is 10.5. The van der Waals surface area contributed by atoms with E-state index in [1.54, 1.807) is 0 Å². The molecule has 0 atom stereocenters. The van der Waals surface area contributed by atoms with Crippen molar-refractivity contribution in [3.63, 3.8) is 0 Å². The minimum Gasteiger partial charge on any atom is -0.469 e. The maximum Gasteiger partial charge on any atom is 0.281 e. The van der Waals surface area contributed by atoms with Crippen LogP contribution in [0.5, 0.6) is 0 Å². The summed E-state index contributed by atoms with van der Waals surface area (Å²) in [5, 5.41) is -0.306. The zero-order chi connectivity index (χ0) is 7.98. The fraction of sp³-hybridized carbons (Fsp3) is 0.600. The highest BCUT2D eigenvalue weighted by atomic mass is 32.1. The van der Waals surface area contributed by atoms with E-state index in [2.05, 4.69) is 24.8 Å². The van der Waals surface area contributed by atoms with E-state index < -0.39 is 0 Å². The van der Waals surface area contributed by atoms with Crippen molar-refractivity contribution in [2.75, 3.05) is 13.3 Å². The second kappa shape index (κ2) is 5.49. The molecule has 0 saturated carbocycles. The SMILES string of the molecule is CCN(COC=S)C(=O)S. The summed E-state index contributed by atoms with van der Waals surface area (Å²) in [4.78, 5) is 12.0. The van der Waals surface area contributed by atoms with Gasteiger partial charge < -0.3 is 9.64 Å². The van der Waals surface area contributed by atoms with Gasteiger partial charge in [0, 0.05) is 6.54 Å². The number of nitrogens with zero attached hydrogens (tertiary/aromatic N) is 1. The Kier molecular flexibility index (Phi) is 5.33. The number of thiol groups is 1. The third-order valence-electron chi connectivity index (χ3n) is 0.951. The minimum absolute atomic E-state index is 0.183. The standard InChI is InChI=1S/C5H9NO2S2/c1-2-6(5(7)10)3-8-4-9/h4H,2-3H2,1H3,(H,7,10). The molecule has 10 heavy (non-hydrogen) atoms. The Labute approximate surface area is 70.7 Å². The van der Waals surface area contributed by atoms with E-state index in [0.717, 1.165) is 5.55 Å². The molecule has 0 rings (SSSR count). The molecule has 0 N–H and O–H groups in total. The van der Waals surface area contributed by atoms with Gasteiger partial charge in [0.05, 0.1) is 0 Å². The molecule has 0 unspecified atom stereocenters. The Morgan fingerprint density at radius 3 is 2.80 bits per heavy atom. The fourth-order valence-electron chi connectivity index (χ4n) is 0.402. The van der Waals surface area contributed by atoms with E-state index in [-0.39, 0.29) is 12.0 Å². The van der Waals surface area contributed by atoms with Crippen LogP contribution in [0.4, 0.5) is 4.79 Å². The average Bonchev–Trinajstić information content (AvgIpc) is 1.89. The number of thiocarbonyl (C=S) groups is 1. The van der Waals surface area contributed by atoms with Crippen LogP contribution < -0.4 is 0 Å². The smallest absolute Gasteiger partial charge is 0.281 e. The first-order valence-corrected chi connectivity index (χ1v) is 3.67. The summed E-state index contributed by atoms with van der Waals surface area (Å²) in [7, 11) is 0. The highest BCUT2D eigenvalue weighted by Gasteiger charge is 2.04. The van der Waals surface area contributed by atoms with Gasteiger partial charge in [0.2, 0.25) is 0 Å². The Balaban J connectivity index is 3.60. The average molecular weight is 179 g/mol. The summed E-state index contributed by atoms with van der Waals surface area (Å²) in [5.41, 5.74) is 1.12. The van der Waals surface area contributed by atoms with Crippen molar-refractivity contribution < 1.29 is 9.53 Å². The molecule has 0 fully saturated rings.